The Morgan fingerprint density at radius 3 is 2.72 bits per heavy atom. The van der Waals surface area contributed by atoms with Crippen molar-refractivity contribution in [2.75, 3.05) is 30.3 Å². The highest BCUT2D eigenvalue weighted by molar-refractivity contribution is 5.63. The molecule has 0 radical (unpaired) electrons. The van der Waals surface area contributed by atoms with Gasteiger partial charge in [-0.2, -0.15) is 13.2 Å². The maximum atomic E-state index is 13.0. The second kappa shape index (κ2) is 4.68. The van der Waals surface area contributed by atoms with Gasteiger partial charge in [-0.15, -0.1) is 0 Å². The van der Waals surface area contributed by atoms with E-state index in [1.165, 1.54) is 12.1 Å². The molecule has 1 aromatic rings. The number of nitrogens with zero attached hydrogens (tertiary/aromatic N) is 1. The van der Waals surface area contributed by atoms with E-state index in [9.17, 15) is 13.2 Å². The van der Waals surface area contributed by atoms with E-state index in [1.54, 1.807) is 4.90 Å². The van der Waals surface area contributed by atoms with Crippen LogP contribution in [0.4, 0.5) is 24.5 Å². The average Bonchev–Trinajstić information content (AvgIpc) is 2.27. The van der Waals surface area contributed by atoms with Crippen LogP contribution in [-0.4, -0.2) is 25.7 Å². The van der Waals surface area contributed by atoms with Gasteiger partial charge in [0.2, 0.25) is 0 Å². The fourth-order valence-corrected chi connectivity index (χ4v) is 2.22. The predicted octanol–water partition coefficient (Wildman–Crippen LogP) is 2.09. The van der Waals surface area contributed by atoms with E-state index >= 15 is 0 Å². The third kappa shape index (κ3) is 2.53. The summed E-state index contributed by atoms with van der Waals surface area (Å²) in [4.78, 5) is 1.76. The van der Waals surface area contributed by atoms with Gasteiger partial charge >= 0.3 is 6.18 Å². The number of nitrogen functional groups attached to an aromatic ring is 1. The lowest BCUT2D eigenvalue weighted by atomic mass is 10.1. The molecular weight excluding hydrogens is 243 g/mol. The zero-order valence-electron chi connectivity index (χ0n) is 10.1. The van der Waals surface area contributed by atoms with Gasteiger partial charge in [0.25, 0.3) is 0 Å². The van der Waals surface area contributed by atoms with Gasteiger partial charge in [-0.25, -0.2) is 0 Å². The van der Waals surface area contributed by atoms with Crippen molar-refractivity contribution in [3.05, 3.63) is 23.8 Å². The lowest BCUT2D eigenvalue weighted by molar-refractivity contribution is -0.137. The van der Waals surface area contributed by atoms with Crippen LogP contribution >= 0.6 is 0 Å². The second-order valence-corrected chi connectivity index (χ2v) is 4.52. The SMILES string of the molecule is CC1CNCCN1c1cc(N)ccc1C(F)(F)F. The smallest absolute Gasteiger partial charge is 0.399 e. The monoisotopic (exact) mass is 259 g/mol. The first-order valence-electron chi connectivity index (χ1n) is 5.83. The molecule has 0 amide bonds. The highest BCUT2D eigenvalue weighted by Gasteiger charge is 2.36. The number of rotatable bonds is 1. The Bertz CT molecular complexity index is 431. The van der Waals surface area contributed by atoms with Crippen molar-refractivity contribution in [3.8, 4) is 0 Å². The van der Waals surface area contributed by atoms with E-state index in [1.807, 2.05) is 6.92 Å². The van der Waals surface area contributed by atoms with Crippen LogP contribution in [0.2, 0.25) is 0 Å². The van der Waals surface area contributed by atoms with Crippen LogP contribution < -0.4 is 16.0 Å². The van der Waals surface area contributed by atoms with Crippen molar-refractivity contribution >= 4 is 11.4 Å². The van der Waals surface area contributed by atoms with Gasteiger partial charge in [0.15, 0.2) is 0 Å². The Kier molecular flexibility index (Phi) is 3.38. The first-order valence-corrected chi connectivity index (χ1v) is 5.83. The highest BCUT2D eigenvalue weighted by Crippen LogP contribution is 2.38. The van der Waals surface area contributed by atoms with Crippen LogP contribution in [0.3, 0.4) is 0 Å². The largest absolute Gasteiger partial charge is 0.418 e. The van der Waals surface area contributed by atoms with Crippen LogP contribution in [0.1, 0.15) is 12.5 Å². The topological polar surface area (TPSA) is 41.3 Å². The third-order valence-electron chi connectivity index (χ3n) is 3.14. The zero-order valence-corrected chi connectivity index (χ0v) is 10.1. The molecule has 6 heteroatoms. The number of halogens is 3. The number of nitrogens with one attached hydrogen (secondary N) is 1. The van der Waals surface area contributed by atoms with Gasteiger partial charge in [-0.3, -0.25) is 0 Å². The van der Waals surface area contributed by atoms with Crippen molar-refractivity contribution in [2.45, 2.75) is 19.1 Å². The molecule has 0 aliphatic carbocycles. The van der Waals surface area contributed by atoms with Gasteiger partial charge < -0.3 is 16.0 Å². The van der Waals surface area contributed by atoms with E-state index in [2.05, 4.69) is 5.32 Å². The molecule has 1 unspecified atom stereocenters. The van der Waals surface area contributed by atoms with E-state index < -0.39 is 11.7 Å². The number of hydrogen-bond acceptors (Lipinski definition) is 3. The molecule has 1 aliphatic heterocycles. The molecule has 1 fully saturated rings. The summed E-state index contributed by atoms with van der Waals surface area (Å²) in [6.45, 7) is 3.80. The number of alkyl halides is 3. The summed E-state index contributed by atoms with van der Waals surface area (Å²) in [7, 11) is 0. The van der Waals surface area contributed by atoms with Crippen LogP contribution in [-0.2, 0) is 6.18 Å². The molecule has 0 bridgehead atoms. The normalized spacial score (nSPS) is 21.1. The minimum atomic E-state index is -4.35. The molecule has 1 aromatic carbocycles. The maximum absolute atomic E-state index is 13.0. The molecule has 100 valence electrons. The molecule has 3 nitrogen and oxygen atoms in total. The molecule has 1 atom stereocenters. The van der Waals surface area contributed by atoms with Crippen LogP contribution in [0, 0.1) is 0 Å². The van der Waals surface area contributed by atoms with Gasteiger partial charge in [-0.05, 0) is 25.1 Å². The summed E-state index contributed by atoms with van der Waals surface area (Å²) < 4.78 is 38.9. The fraction of sp³-hybridized carbons (Fsp3) is 0.500. The van der Waals surface area contributed by atoms with Crippen molar-refractivity contribution < 1.29 is 13.2 Å². The first kappa shape index (κ1) is 13.0. The van der Waals surface area contributed by atoms with Crippen LogP contribution in [0.5, 0.6) is 0 Å². The Hall–Kier alpha value is -1.43. The fourth-order valence-electron chi connectivity index (χ4n) is 2.22. The molecule has 3 N–H and O–H groups in total. The maximum Gasteiger partial charge on any atom is 0.418 e. The van der Waals surface area contributed by atoms with Crippen molar-refractivity contribution in [1.29, 1.82) is 0 Å². The van der Waals surface area contributed by atoms with Crippen LogP contribution in [0.15, 0.2) is 18.2 Å². The summed E-state index contributed by atoms with van der Waals surface area (Å²) in [5, 5.41) is 3.15. The van der Waals surface area contributed by atoms with Crippen LogP contribution in [0.25, 0.3) is 0 Å². The average molecular weight is 259 g/mol. The molecule has 18 heavy (non-hydrogen) atoms. The van der Waals surface area contributed by atoms with Gasteiger partial charge in [-0.1, -0.05) is 0 Å². The first-order chi connectivity index (χ1) is 8.39. The zero-order chi connectivity index (χ0) is 13.3. The van der Waals surface area contributed by atoms with E-state index in [0.717, 1.165) is 6.07 Å². The minimum absolute atomic E-state index is 0.0154. The summed E-state index contributed by atoms with van der Waals surface area (Å²) in [5.74, 6) is 0. The quantitative estimate of drug-likeness (QED) is 0.759. The van der Waals surface area contributed by atoms with Gasteiger partial charge in [0.05, 0.1) is 11.3 Å². The lowest BCUT2D eigenvalue weighted by Gasteiger charge is -2.37. The number of piperazine rings is 1. The Morgan fingerprint density at radius 1 is 1.39 bits per heavy atom. The summed E-state index contributed by atoms with van der Waals surface area (Å²) in [6.07, 6.45) is -4.35. The molecule has 0 spiro atoms. The molecule has 2 rings (SSSR count). The standard InChI is InChI=1S/C12H16F3N3/c1-8-7-17-4-5-18(8)11-6-9(16)2-3-10(11)12(13,14)15/h2-3,6,8,17H,4-5,7,16H2,1H3. The summed E-state index contributed by atoms with van der Waals surface area (Å²) in [5.41, 5.74) is 5.52. The van der Waals surface area contributed by atoms with Crippen molar-refractivity contribution in [3.63, 3.8) is 0 Å². The summed E-state index contributed by atoms with van der Waals surface area (Å²) >= 11 is 0. The molecule has 0 aromatic heterocycles. The molecular formula is C12H16F3N3. The number of benzene rings is 1. The second-order valence-electron chi connectivity index (χ2n) is 4.52. The van der Waals surface area contributed by atoms with E-state index in [-0.39, 0.29) is 11.7 Å². The number of nitrogens with two attached hydrogens (primary N) is 1. The molecule has 0 saturated carbocycles. The Labute approximate surface area is 104 Å². The Morgan fingerprint density at radius 2 is 2.11 bits per heavy atom. The van der Waals surface area contributed by atoms with Gasteiger partial charge in [0, 0.05) is 31.4 Å². The molecule has 1 heterocycles. The van der Waals surface area contributed by atoms with Gasteiger partial charge in [0.1, 0.15) is 0 Å². The Balaban J connectivity index is 2.44. The van der Waals surface area contributed by atoms with E-state index in [0.29, 0.717) is 25.3 Å². The minimum Gasteiger partial charge on any atom is -0.399 e. The molecule has 1 aliphatic rings. The van der Waals surface area contributed by atoms with Crippen molar-refractivity contribution in [1.82, 2.24) is 5.32 Å². The summed E-state index contributed by atoms with van der Waals surface area (Å²) in [6, 6.07) is 3.77. The number of anilines is 2. The van der Waals surface area contributed by atoms with E-state index in [4.69, 9.17) is 5.73 Å². The predicted molar refractivity (Wildman–Crippen MR) is 65.5 cm³/mol. The third-order valence-corrected chi connectivity index (χ3v) is 3.14. The van der Waals surface area contributed by atoms with Crippen molar-refractivity contribution in [2.24, 2.45) is 0 Å². The highest BCUT2D eigenvalue weighted by atomic mass is 19.4. The lowest BCUT2D eigenvalue weighted by Crippen LogP contribution is -2.50. The number of hydrogen-bond donors (Lipinski definition) is 2. The molecule has 1 saturated heterocycles.